The largest absolute Gasteiger partial charge is 0.312 e. The summed E-state index contributed by atoms with van der Waals surface area (Å²) in [4.78, 5) is 13.3. The molecular weight excluding hydrogens is 254 g/mol. The lowest BCUT2D eigenvalue weighted by Gasteiger charge is -2.28. The van der Waals surface area contributed by atoms with Crippen molar-refractivity contribution in [1.82, 2.24) is 0 Å². The number of hydrogen-bond donors (Lipinski definition) is 0. The zero-order chi connectivity index (χ0) is 10.8. The third-order valence-corrected chi connectivity index (χ3v) is 3.44. The van der Waals surface area contributed by atoms with Crippen LogP contribution < -0.4 is 4.90 Å². The number of rotatable bonds is 1. The predicted molar refractivity (Wildman–Crippen MR) is 65.4 cm³/mol. The van der Waals surface area contributed by atoms with Gasteiger partial charge in [-0.15, -0.1) is 0 Å². The smallest absolute Gasteiger partial charge is 0.223 e. The van der Waals surface area contributed by atoms with Crippen molar-refractivity contribution >= 4 is 27.5 Å². The van der Waals surface area contributed by atoms with E-state index in [1.807, 2.05) is 4.90 Å². The molecule has 1 aromatic rings. The molecule has 1 heterocycles. The van der Waals surface area contributed by atoms with Crippen LogP contribution in [0.5, 0.6) is 0 Å². The van der Waals surface area contributed by atoms with Gasteiger partial charge in [0.05, 0.1) is 0 Å². The summed E-state index contributed by atoms with van der Waals surface area (Å²) >= 11 is 3.45. The number of fused-ring (bicyclic) bond motifs is 1. The Morgan fingerprint density at radius 1 is 1.53 bits per heavy atom. The number of carbonyl (C=O) groups is 1. The summed E-state index contributed by atoms with van der Waals surface area (Å²) in [5.41, 5.74) is 3.67. The molecule has 0 N–H and O–H groups in total. The molecule has 1 aliphatic rings. The molecule has 1 amide bonds. The van der Waals surface area contributed by atoms with E-state index in [1.54, 1.807) is 6.92 Å². The van der Waals surface area contributed by atoms with E-state index in [0.717, 1.165) is 30.4 Å². The van der Waals surface area contributed by atoms with Gasteiger partial charge in [-0.2, -0.15) is 0 Å². The Labute approximate surface area is 98.4 Å². The number of aryl methyl sites for hydroxylation is 1. The fourth-order valence-electron chi connectivity index (χ4n) is 2.06. The number of benzene rings is 1. The fourth-order valence-corrected chi connectivity index (χ4v) is 2.41. The lowest BCUT2D eigenvalue weighted by molar-refractivity contribution is -0.116. The molecule has 0 unspecified atom stereocenters. The molecular formula is C12H14BrNO. The fraction of sp³-hybridized carbons (Fsp3) is 0.417. The minimum Gasteiger partial charge on any atom is -0.312 e. The number of anilines is 1. The lowest BCUT2D eigenvalue weighted by atomic mass is 9.99. The third kappa shape index (κ3) is 2.07. The van der Waals surface area contributed by atoms with Crippen LogP contribution in [-0.2, 0) is 16.5 Å². The first kappa shape index (κ1) is 10.7. The second-order valence-electron chi connectivity index (χ2n) is 3.87. The SMILES string of the molecule is CC(=O)N1CCCc2cc(CBr)ccc21. The molecule has 0 radical (unpaired) electrons. The van der Waals surface area contributed by atoms with Crippen LogP contribution in [0, 0.1) is 0 Å². The van der Waals surface area contributed by atoms with Crippen LogP contribution in [0.1, 0.15) is 24.5 Å². The second kappa shape index (κ2) is 4.35. The van der Waals surface area contributed by atoms with Gasteiger partial charge >= 0.3 is 0 Å². The van der Waals surface area contributed by atoms with E-state index in [0.29, 0.717) is 0 Å². The van der Waals surface area contributed by atoms with E-state index in [9.17, 15) is 4.79 Å². The highest BCUT2D eigenvalue weighted by Gasteiger charge is 2.19. The molecule has 0 fully saturated rings. The molecule has 80 valence electrons. The molecule has 2 rings (SSSR count). The summed E-state index contributed by atoms with van der Waals surface area (Å²) in [6.45, 7) is 2.49. The van der Waals surface area contributed by atoms with Crippen LogP contribution in [0.2, 0.25) is 0 Å². The average Bonchev–Trinajstić information content (AvgIpc) is 2.27. The van der Waals surface area contributed by atoms with Crippen molar-refractivity contribution in [2.75, 3.05) is 11.4 Å². The number of amides is 1. The quantitative estimate of drug-likeness (QED) is 0.717. The summed E-state index contributed by atoms with van der Waals surface area (Å²) in [5.74, 6) is 0.141. The number of carbonyl (C=O) groups excluding carboxylic acids is 1. The number of alkyl halides is 1. The number of hydrogen-bond acceptors (Lipinski definition) is 1. The van der Waals surface area contributed by atoms with Gasteiger partial charge < -0.3 is 4.90 Å². The van der Waals surface area contributed by atoms with Gasteiger partial charge in [0.15, 0.2) is 0 Å². The van der Waals surface area contributed by atoms with E-state index in [-0.39, 0.29) is 5.91 Å². The maximum Gasteiger partial charge on any atom is 0.223 e. The van der Waals surface area contributed by atoms with E-state index < -0.39 is 0 Å². The summed E-state index contributed by atoms with van der Waals surface area (Å²) in [7, 11) is 0. The second-order valence-corrected chi connectivity index (χ2v) is 4.43. The predicted octanol–water partition coefficient (Wildman–Crippen LogP) is 2.88. The molecule has 1 aliphatic heterocycles. The Bertz CT molecular complexity index is 389. The lowest BCUT2D eigenvalue weighted by Crippen LogP contribution is -2.33. The van der Waals surface area contributed by atoms with Crippen molar-refractivity contribution < 1.29 is 4.79 Å². The maximum atomic E-state index is 11.4. The van der Waals surface area contributed by atoms with Crippen LogP contribution in [0.3, 0.4) is 0 Å². The van der Waals surface area contributed by atoms with Crippen LogP contribution in [-0.4, -0.2) is 12.5 Å². The first-order valence-electron chi connectivity index (χ1n) is 5.18. The van der Waals surface area contributed by atoms with Gasteiger partial charge in [-0.05, 0) is 30.0 Å². The van der Waals surface area contributed by atoms with Gasteiger partial charge in [0.2, 0.25) is 5.91 Å². The first-order valence-corrected chi connectivity index (χ1v) is 6.30. The molecule has 1 aromatic carbocycles. The van der Waals surface area contributed by atoms with Gasteiger partial charge in [0.1, 0.15) is 0 Å². The van der Waals surface area contributed by atoms with E-state index in [1.165, 1.54) is 11.1 Å². The highest BCUT2D eigenvalue weighted by molar-refractivity contribution is 9.08. The summed E-state index contributed by atoms with van der Waals surface area (Å²) in [5, 5.41) is 0.875. The minimum absolute atomic E-state index is 0.141. The van der Waals surface area contributed by atoms with Crippen molar-refractivity contribution in [2.45, 2.75) is 25.1 Å². The van der Waals surface area contributed by atoms with Crippen LogP contribution in [0.4, 0.5) is 5.69 Å². The normalized spacial score (nSPS) is 14.9. The van der Waals surface area contributed by atoms with Gasteiger partial charge in [0.25, 0.3) is 0 Å². The monoisotopic (exact) mass is 267 g/mol. The van der Waals surface area contributed by atoms with Gasteiger partial charge in [0, 0.05) is 24.5 Å². The number of halogens is 1. The Morgan fingerprint density at radius 3 is 3.00 bits per heavy atom. The van der Waals surface area contributed by atoms with Crippen LogP contribution in [0.25, 0.3) is 0 Å². The Balaban J connectivity index is 2.40. The molecule has 2 nitrogen and oxygen atoms in total. The van der Waals surface area contributed by atoms with Gasteiger partial charge in [-0.25, -0.2) is 0 Å². The molecule has 0 saturated carbocycles. The molecule has 0 atom stereocenters. The number of nitrogens with zero attached hydrogens (tertiary/aromatic N) is 1. The van der Waals surface area contributed by atoms with E-state index in [4.69, 9.17) is 0 Å². The van der Waals surface area contributed by atoms with Crippen molar-refractivity contribution in [3.63, 3.8) is 0 Å². The van der Waals surface area contributed by atoms with Crippen molar-refractivity contribution in [1.29, 1.82) is 0 Å². The Hall–Kier alpha value is -0.830. The Kier molecular flexibility index (Phi) is 3.10. The molecule has 0 aliphatic carbocycles. The Morgan fingerprint density at radius 2 is 2.33 bits per heavy atom. The topological polar surface area (TPSA) is 20.3 Å². The molecule has 0 spiro atoms. The van der Waals surface area contributed by atoms with Gasteiger partial charge in [-0.1, -0.05) is 28.1 Å². The van der Waals surface area contributed by atoms with Crippen molar-refractivity contribution in [3.8, 4) is 0 Å². The zero-order valence-electron chi connectivity index (χ0n) is 8.79. The summed E-state index contributed by atoms with van der Waals surface area (Å²) < 4.78 is 0. The summed E-state index contributed by atoms with van der Waals surface area (Å²) in [6.07, 6.45) is 2.15. The standard InChI is InChI=1S/C12H14BrNO/c1-9(15)14-6-2-3-11-7-10(8-13)4-5-12(11)14/h4-5,7H,2-3,6,8H2,1H3. The van der Waals surface area contributed by atoms with Crippen molar-refractivity contribution in [2.24, 2.45) is 0 Å². The summed E-state index contributed by atoms with van der Waals surface area (Å²) in [6, 6.07) is 6.33. The highest BCUT2D eigenvalue weighted by Crippen LogP contribution is 2.28. The molecule has 3 heteroatoms. The van der Waals surface area contributed by atoms with Crippen molar-refractivity contribution in [3.05, 3.63) is 29.3 Å². The average molecular weight is 268 g/mol. The molecule has 15 heavy (non-hydrogen) atoms. The maximum absolute atomic E-state index is 11.4. The molecule has 0 bridgehead atoms. The van der Waals surface area contributed by atoms with E-state index in [2.05, 4.69) is 34.1 Å². The van der Waals surface area contributed by atoms with E-state index >= 15 is 0 Å². The molecule has 0 saturated heterocycles. The highest BCUT2D eigenvalue weighted by atomic mass is 79.9. The first-order chi connectivity index (χ1) is 7.22. The van der Waals surface area contributed by atoms with Gasteiger partial charge in [-0.3, -0.25) is 4.79 Å². The minimum atomic E-state index is 0.141. The zero-order valence-corrected chi connectivity index (χ0v) is 10.4. The molecule has 0 aromatic heterocycles. The van der Waals surface area contributed by atoms with Crippen LogP contribution >= 0.6 is 15.9 Å². The third-order valence-electron chi connectivity index (χ3n) is 2.80. The van der Waals surface area contributed by atoms with Crippen LogP contribution in [0.15, 0.2) is 18.2 Å².